The van der Waals surface area contributed by atoms with Crippen molar-refractivity contribution in [1.29, 1.82) is 0 Å². The van der Waals surface area contributed by atoms with Crippen LogP contribution in [0.25, 0.3) is 0 Å². The summed E-state index contributed by atoms with van der Waals surface area (Å²) in [7, 11) is 0. The number of aryl methyl sites for hydroxylation is 1. The highest BCUT2D eigenvalue weighted by atomic mass is 32.2. The van der Waals surface area contributed by atoms with Crippen molar-refractivity contribution in [2.75, 3.05) is 11.9 Å². The van der Waals surface area contributed by atoms with Gasteiger partial charge in [-0.15, -0.1) is 6.42 Å². The van der Waals surface area contributed by atoms with Gasteiger partial charge in [-0.05, 0) is 26.3 Å². The van der Waals surface area contributed by atoms with E-state index in [1.165, 1.54) is 26.1 Å². The molecule has 178 valence electrons. The Labute approximate surface area is 196 Å². The number of anilines is 1. The lowest BCUT2D eigenvalue weighted by atomic mass is 9.85. The molecule has 2 heterocycles. The molecule has 4 rings (SSSR count). The Balaban J connectivity index is 1.65. The number of ether oxygens (including phenoxy) is 1. The average Bonchev–Trinajstić information content (AvgIpc) is 3.51. The lowest BCUT2D eigenvalue weighted by Gasteiger charge is -2.34. The standard InChI is InChI=1S/C22H19F4N5O2S/c1-4-5-33-15-9-28-17(10(2)29-15)18(32)30-11-6-12(16(24)13(23)7-11)21(3)14-8-22(14,19(25)26)34-20(27)31-21/h1,6-7,9,14,19H,5,8H2,2-3H3,(H2,27,31)(H,30,32)/t14-,21+,22-/m0/s1. The van der Waals surface area contributed by atoms with Crippen LogP contribution in [0.5, 0.6) is 5.88 Å². The second kappa shape index (κ2) is 8.47. The van der Waals surface area contributed by atoms with E-state index in [0.717, 1.165) is 17.8 Å². The van der Waals surface area contributed by atoms with E-state index in [1.54, 1.807) is 0 Å². The van der Waals surface area contributed by atoms with Crippen LogP contribution >= 0.6 is 11.8 Å². The van der Waals surface area contributed by atoms with Crippen molar-refractivity contribution in [1.82, 2.24) is 9.97 Å². The fourth-order valence-corrected chi connectivity index (χ4v) is 5.53. The van der Waals surface area contributed by atoms with Crippen molar-refractivity contribution < 1.29 is 27.1 Å². The molecule has 1 saturated carbocycles. The minimum atomic E-state index is -2.72. The Hall–Kier alpha value is -3.33. The second-order valence-electron chi connectivity index (χ2n) is 8.12. The smallest absolute Gasteiger partial charge is 0.276 e. The van der Waals surface area contributed by atoms with E-state index in [4.69, 9.17) is 16.9 Å². The maximum absolute atomic E-state index is 14.9. The van der Waals surface area contributed by atoms with Crippen molar-refractivity contribution in [2.45, 2.75) is 37.0 Å². The minimum Gasteiger partial charge on any atom is -0.463 e. The number of carbonyl (C=O) groups excluding carboxylic acids is 1. The highest BCUT2D eigenvalue weighted by Gasteiger charge is 2.71. The third-order valence-corrected chi connectivity index (χ3v) is 7.22. The van der Waals surface area contributed by atoms with E-state index >= 15 is 0 Å². The van der Waals surface area contributed by atoms with Gasteiger partial charge in [0.05, 0.1) is 22.2 Å². The molecule has 0 saturated heterocycles. The summed E-state index contributed by atoms with van der Waals surface area (Å²) in [5.74, 6) is -1.63. The highest BCUT2D eigenvalue weighted by Crippen LogP contribution is 2.68. The molecule has 0 spiro atoms. The number of nitrogens with two attached hydrogens (primary N) is 1. The summed E-state index contributed by atoms with van der Waals surface area (Å²) in [5.41, 5.74) is 3.99. The van der Waals surface area contributed by atoms with Gasteiger partial charge in [0.25, 0.3) is 12.3 Å². The van der Waals surface area contributed by atoms with Crippen LogP contribution < -0.4 is 15.8 Å². The van der Waals surface area contributed by atoms with Crippen molar-refractivity contribution in [3.63, 3.8) is 0 Å². The molecule has 1 aromatic carbocycles. The van der Waals surface area contributed by atoms with Gasteiger partial charge in [-0.3, -0.25) is 9.79 Å². The van der Waals surface area contributed by atoms with Gasteiger partial charge in [-0.2, -0.15) is 0 Å². The summed E-state index contributed by atoms with van der Waals surface area (Å²) in [6, 6.07) is 1.95. The first kappa shape index (κ1) is 23.8. The van der Waals surface area contributed by atoms with E-state index in [9.17, 15) is 22.4 Å². The first-order chi connectivity index (χ1) is 16.0. The predicted molar refractivity (Wildman–Crippen MR) is 119 cm³/mol. The zero-order chi connectivity index (χ0) is 24.8. The Bertz CT molecular complexity index is 1250. The lowest BCUT2D eigenvalue weighted by molar-refractivity contribution is 0.102. The van der Waals surface area contributed by atoms with E-state index in [0.29, 0.717) is 0 Å². The van der Waals surface area contributed by atoms with Crippen molar-refractivity contribution >= 4 is 28.5 Å². The SMILES string of the molecule is C#CCOc1cnc(C(=O)Nc2cc(F)c(F)c([C@@]3(C)N=C(N)S[C@@]4(C(F)F)C[C@@H]34)c2)c(C)n1. The highest BCUT2D eigenvalue weighted by molar-refractivity contribution is 8.15. The Morgan fingerprint density at radius 1 is 1.44 bits per heavy atom. The molecule has 3 atom stereocenters. The van der Waals surface area contributed by atoms with Crippen LogP contribution in [-0.2, 0) is 5.54 Å². The molecule has 0 radical (unpaired) electrons. The van der Waals surface area contributed by atoms with Crippen LogP contribution in [0.15, 0.2) is 23.3 Å². The molecule has 2 aromatic rings. The largest absolute Gasteiger partial charge is 0.463 e. The Morgan fingerprint density at radius 3 is 2.82 bits per heavy atom. The van der Waals surface area contributed by atoms with E-state index in [-0.39, 0.29) is 46.7 Å². The predicted octanol–water partition coefficient (Wildman–Crippen LogP) is 3.63. The topological polar surface area (TPSA) is 102 Å². The normalized spacial score (nSPS) is 25.2. The molecule has 12 heteroatoms. The third kappa shape index (κ3) is 3.94. The number of amidine groups is 1. The molecular formula is C22H19F4N5O2S. The number of hydrogen-bond donors (Lipinski definition) is 2. The van der Waals surface area contributed by atoms with Gasteiger partial charge in [-0.1, -0.05) is 17.7 Å². The summed E-state index contributed by atoms with van der Waals surface area (Å²) in [5, 5.41) is 2.31. The number of hydrogen-bond acceptors (Lipinski definition) is 7. The zero-order valence-corrected chi connectivity index (χ0v) is 18.9. The number of rotatable bonds is 6. The van der Waals surface area contributed by atoms with E-state index < -0.39 is 40.2 Å². The number of aliphatic imine (C=N–C) groups is 1. The number of benzene rings is 1. The first-order valence-electron chi connectivity index (χ1n) is 10.0. The van der Waals surface area contributed by atoms with Crippen molar-refractivity contribution in [2.24, 2.45) is 16.6 Å². The van der Waals surface area contributed by atoms with E-state index in [2.05, 4.69) is 26.2 Å². The van der Waals surface area contributed by atoms with Gasteiger partial charge in [0.2, 0.25) is 5.88 Å². The van der Waals surface area contributed by atoms with Gasteiger partial charge in [-0.25, -0.2) is 27.5 Å². The first-order valence-corrected chi connectivity index (χ1v) is 10.9. The Morgan fingerprint density at radius 2 is 2.18 bits per heavy atom. The summed E-state index contributed by atoms with van der Waals surface area (Å²) in [6.45, 7) is 2.91. The van der Waals surface area contributed by atoms with Crippen LogP contribution in [0.1, 0.15) is 35.1 Å². The van der Waals surface area contributed by atoms with Crippen LogP contribution in [0.3, 0.4) is 0 Å². The lowest BCUT2D eigenvalue weighted by Crippen LogP contribution is -2.39. The number of amides is 1. The molecule has 7 nitrogen and oxygen atoms in total. The number of carbonyl (C=O) groups is 1. The molecule has 1 aliphatic heterocycles. The number of terminal acetylenes is 1. The molecule has 1 amide bonds. The fraction of sp³-hybridized carbons (Fsp3) is 0.364. The van der Waals surface area contributed by atoms with Gasteiger partial charge < -0.3 is 15.8 Å². The summed E-state index contributed by atoms with van der Waals surface area (Å²) in [4.78, 5) is 25.0. The molecule has 3 N–H and O–H groups in total. The molecule has 1 aliphatic carbocycles. The molecule has 2 aliphatic rings. The maximum Gasteiger partial charge on any atom is 0.276 e. The molecule has 0 bridgehead atoms. The van der Waals surface area contributed by atoms with Crippen LogP contribution in [-0.4, -0.2) is 38.8 Å². The van der Waals surface area contributed by atoms with Gasteiger partial charge in [0.1, 0.15) is 5.69 Å². The van der Waals surface area contributed by atoms with Gasteiger partial charge in [0.15, 0.2) is 23.4 Å². The summed E-state index contributed by atoms with van der Waals surface area (Å²) >= 11 is 0.753. The van der Waals surface area contributed by atoms with Crippen LogP contribution in [0.2, 0.25) is 0 Å². The monoisotopic (exact) mass is 493 g/mol. The second-order valence-corrected chi connectivity index (χ2v) is 9.50. The molecule has 1 fully saturated rings. The molecular weight excluding hydrogens is 474 g/mol. The molecule has 0 unspecified atom stereocenters. The minimum absolute atomic E-state index is 0.0323. The summed E-state index contributed by atoms with van der Waals surface area (Å²) < 4.78 is 60.6. The fourth-order valence-electron chi connectivity index (χ4n) is 4.19. The average molecular weight is 493 g/mol. The van der Waals surface area contributed by atoms with Gasteiger partial charge >= 0.3 is 0 Å². The number of nitrogens with zero attached hydrogens (tertiary/aromatic N) is 3. The van der Waals surface area contributed by atoms with Gasteiger partial charge in [0, 0.05) is 23.2 Å². The number of halogens is 4. The van der Waals surface area contributed by atoms with Crippen molar-refractivity contribution in [3.05, 3.63) is 46.9 Å². The van der Waals surface area contributed by atoms with Crippen molar-refractivity contribution in [3.8, 4) is 18.2 Å². The number of thioether (sulfide) groups is 1. The zero-order valence-electron chi connectivity index (χ0n) is 18.0. The maximum atomic E-state index is 14.9. The summed E-state index contributed by atoms with van der Waals surface area (Å²) in [6.07, 6.45) is 3.64. The molecule has 1 aromatic heterocycles. The third-order valence-electron chi connectivity index (χ3n) is 5.91. The van der Waals surface area contributed by atoms with E-state index in [1.807, 2.05) is 0 Å². The Kier molecular flexibility index (Phi) is 5.93. The van der Waals surface area contributed by atoms with Crippen LogP contribution in [0, 0.1) is 36.8 Å². The number of nitrogens with one attached hydrogen (secondary N) is 1. The van der Waals surface area contributed by atoms with Crippen LogP contribution in [0.4, 0.5) is 23.2 Å². The number of fused-ring (bicyclic) bond motifs is 1. The number of alkyl halides is 2. The molecule has 34 heavy (non-hydrogen) atoms. The quantitative estimate of drug-likeness (QED) is 0.471. The number of aromatic nitrogens is 2.